The Morgan fingerprint density at radius 2 is 2.00 bits per heavy atom. The van der Waals surface area contributed by atoms with Crippen molar-refractivity contribution >= 4 is 5.91 Å². The van der Waals surface area contributed by atoms with E-state index in [0.29, 0.717) is 11.6 Å². The van der Waals surface area contributed by atoms with Crippen molar-refractivity contribution in [3.63, 3.8) is 0 Å². The number of nitrogens with one attached hydrogen (secondary N) is 1. The minimum absolute atomic E-state index is 0.0634. The molecule has 1 saturated heterocycles. The Morgan fingerprint density at radius 3 is 2.57 bits per heavy atom. The van der Waals surface area contributed by atoms with Crippen LogP contribution in [0.25, 0.3) is 0 Å². The van der Waals surface area contributed by atoms with Gasteiger partial charge in [0, 0.05) is 13.1 Å². The quantitative estimate of drug-likeness (QED) is 0.944. The molecule has 0 radical (unpaired) electrons. The van der Waals surface area contributed by atoms with Gasteiger partial charge in [0.15, 0.2) is 0 Å². The van der Waals surface area contributed by atoms with E-state index in [0.717, 1.165) is 43.9 Å². The molecule has 0 atom stereocenters. The number of benzene rings is 1. The number of aromatic amines is 1. The molecule has 2 aromatic rings. The number of imidazole rings is 1. The van der Waals surface area contributed by atoms with Gasteiger partial charge in [0.2, 0.25) is 0 Å². The van der Waals surface area contributed by atoms with Crippen LogP contribution in [0.15, 0.2) is 30.5 Å². The standard InChI is InChI=1S/C18H23N3O2/c1-13-19-12-17(20-13)18(22)21-9-7-15(8-10-21)11-14-3-5-16(23-2)6-4-14/h3-6,12,15H,7-11H2,1-2H3,(H,19,20). The van der Waals surface area contributed by atoms with E-state index in [2.05, 4.69) is 22.1 Å². The lowest BCUT2D eigenvalue weighted by atomic mass is 9.90. The Kier molecular flexibility index (Phi) is 4.65. The highest BCUT2D eigenvalue weighted by molar-refractivity contribution is 5.92. The minimum Gasteiger partial charge on any atom is -0.497 e. The third kappa shape index (κ3) is 3.73. The Bertz CT molecular complexity index is 655. The Labute approximate surface area is 136 Å². The smallest absolute Gasteiger partial charge is 0.271 e. The van der Waals surface area contributed by atoms with Crippen molar-refractivity contribution in [3.8, 4) is 5.75 Å². The highest BCUT2D eigenvalue weighted by Gasteiger charge is 2.24. The Morgan fingerprint density at radius 1 is 1.30 bits per heavy atom. The fourth-order valence-corrected chi connectivity index (χ4v) is 3.13. The molecule has 0 spiro atoms. The molecule has 5 nitrogen and oxygen atoms in total. The number of amides is 1. The topological polar surface area (TPSA) is 58.2 Å². The maximum Gasteiger partial charge on any atom is 0.271 e. The molecule has 0 unspecified atom stereocenters. The van der Waals surface area contributed by atoms with Crippen LogP contribution in [0.3, 0.4) is 0 Å². The summed E-state index contributed by atoms with van der Waals surface area (Å²) in [4.78, 5) is 21.4. The predicted molar refractivity (Wildman–Crippen MR) is 88.7 cm³/mol. The van der Waals surface area contributed by atoms with E-state index in [4.69, 9.17) is 4.74 Å². The molecule has 1 aliphatic heterocycles. The average molecular weight is 313 g/mol. The molecule has 23 heavy (non-hydrogen) atoms. The summed E-state index contributed by atoms with van der Waals surface area (Å²) in [6.45, 7) is 3.49. The number of carbonyl (C=O) groups is 1. The zero-order chi connectivity index (χ0) is 16.2. The summed E-state index contributed by atoms with van der Waals surface area (Å²) in [7, 11) is 1.68. The Hall–Kier alpha value is -2.30. The van der Waals surface area contributed by atoms with E-state index < -0.39 is 0 Å². The normalized spacial score (nSPS) is 15.7. The van der Waals surface area contributed by atoms with Gasteiger partial charge in [0.1, 0.15) is 17.3 Å². The van der Waals surface area contributed by atoms with Gasteiger partial charge >= 0.3 is 0 Å². The van der Waals surface area contributed by atoms with Crippen molar-refractivity contribution in [1.82, 2.24) is 14.9 Å². The molecule has 3 rings (SSSR count). The summed E-state index contributed by atoms with van der Waals surface area (Å²) in [6.07, 6.45) is 4.78. The van der Waals surface area contributed by atoms with Gasteiger partial charge in [-0.25, -0.2) is 4.98 Å². The minimum atomic E-state index is 0.0634. The maximum absolute atomic E-state index is 12.4. The van der Waals surface area contributed by atoms with Crippen LogP contribution < -0.4 is 4.74 Å². The third-order valence-electron chi connectivity index (χ3n) is 4.52. The van der Waals surface area contributed by atoms with Crippen molar-refractivity contribution in [2.75, 3.05) is 20.2 Å². The number of hydrogen-bond acceptors (Lipinski definition) is 3. The van der Waals surface area contributed by atoms with Gasteiger partial charge in [0.05, 0.1) is 13.3 Å². The average Bonchev–Trinajstić information content (AvgIpc) is 3.02. The van der Waals surface area contributed by atoms with E-state index in [1.807, 2.05) is 24.0 Å². The van der Waals surface area contributed by atoms with Gasteiger partial charge in [-0.2, -0.15) is 0 Å². The van der Waals surface area contributed by atoms with E-state index in [1.165, 1.54) is 5.56 Å². The van der Waals surface area contributed by atoms with E-state index in [1.54, 1.807) is 13.3 Å². The van der Waals surface area contributed by atoms with Crippen LogP contribution in [-0.2, 0) is 6.42 Å². The molecular formula is C18H23N3O2. The number of H-pyrrole nitrogens is 1. The number of methoxy groups -OCH3 is 1. The number of aryl methyl sites for hydroxylation is 1. The molecule has 1 aliphatic rings. The van der Waals surface area contributed by atoms with Gasteiger partial charge in [-0.05, 0) is 49.8 Å². The van der Waals surface area contributed by atoms with Crippen LogP contribution in [0.4, 0.5) is 0 Å². The lowest BCUT2D eigenvalue weighted by Gasteiger charge is -2.31. The molecule has 1 aromatic heterocycles. The van der Waals surface area contributed by atoms with Crippen molar-refractivity contribution in [1.29, 1.82) is 0 Å². The summed E-state index contributed by atoms with van der Waals surface area (Å²) >= 11 is 0. The molecule has 1 aromatic carbocycles. The Balaban J connectivity index is 1.52. The predicted octanol–water partition coefficient (Wildman–Crippen LogP) is 2.82. The molecule has 2 heterocycles. The van der Waals surface area contributed by atoms with Crippen molar-refractivity contribution in [2.45, 2.75) is 26.2 Å². The van der Waals surface area contributed by atoms with Gasteiger partial charge < -0.3 is 14.6 Å². The van der Waals surface area contributed by atoms with Gasteiger partial charge in [-0.15, -0.1) is 0 Å². The molecule has 5 heteroatoms. The molecule has 1 amide bonds. The summed E-state index contributed by atoms with van der Waals surface area (Å²) < 4.78 is 5.19. The summed E-state index contributed by atoms with van der Waals surface area (Å²) in [5.74, 6) is 2.37. The molecule has 122 valence electrons. The summed E-state index contributed by atoms with van der Waals surface area (Å²) in [5, 5.41) is 0. The zero-order valence-electron chi connectivity index (χ0n) is 13.7. The maximum atomic E-state index is 12.4. The molecule has 1 fully saturated rings. The lowest BCUT2D eigenvalue weighted by molar-refractivity contribution is 0.0685. The first-order chi connectivity index (χ1) is 11.2. The highest BCUT2D eigenvalue weighted by atomic mass is 16.5. The van der Waals surface area contributed by atoms with Crippen LogP contribution in [0.5, 0.6) is 5.75 Å². The van der Waals surface area contributed by atoms with Crippen LogP contribution in [0, 0.1) is 12.8 Å². The SMILES string of the molecule is COc1ccc(CC2CCN(C(=O)c3cnc(C)[nH]3)CC2)cc1. The largest absolute Gasteiger partial charge is 0.497 e. The fraction of sp³-hybridized carbons (Fsp3) is 0.444. The second-order valence-corrected chi connectivity index (χ2v) is 6.17. The monoisotopic (exact) mass is 313 g/mol. The van der Waals surface area contributed by atoms with E-state index in [-0.39, 0.29) is 5.91 Å². The summed E-state index contributed by atoms with van der Waals surface area (Å²) in [5.41, 5.74) is 1.93. The number of rotatable bonds is 4. The van der Waals surface area contributed by atoms with Crippen molar-refractivity contribution in [2.24, 2.45) is 5.92 Å². The van der Waals surface area contributed by atoms with Crippen LogP contribution in [0.1, 0.15) is 34.7 Å². The molecule has 0 bridgehead atoms. The van der Waals surface area contributed by atoms with E-state index >= 15 is 0 Å². The molecule has 0 saturated carbocycles. The number of likely N-dealkylation sites (tertiary alicyclic amines) is 1. The van der Waals surface area contributed by atoms with Crippen LogP contribution >= 0.6 is 0 Å². The number of piperidine rings is 1. The van der Waals surface area contributed by atoms with Crippen LogP contribution in [-0.4, -0.2) is 41.0 Å². The first-order valence-corrected chi connectivity index (χ1v) is 8.09. The van der Waals surface area contributed by atoms with Gasteiger partial charge in [-0.1, -0.05) is 12.1 Å². The molecular weight excluding hydrogens is 290 g/mol. The fourth-order valence-electron chi connectivity index (χ4n) is 3.13. The molecule has 1 N–H and O–H groups in total. The first-order valence-electron chi connectivity index (χ1n) is 8.09. The van der Waals surface area contributed by atoms with Gasteiger partial charge in [0.25, 0.3) is 5.91 Å². The molecule has 0 aliphatic carbocycles. The van der Waals surface area contributed by atoms with Crippen molar-refractivity contribution in [3.05, 3.63) is 47.5 Å². The van der Waals surface area contributed by atoms with Crippen molar-refractivity contribution < 1.29 is 9.53 Å². The van der Waals surface area contributed by atoms with Crippen LogP contribution in [0.2, 0.25) is 0 Å². The highest BCUT2D eigenvalue weighted by Crippen LogP contribution is 2.23. The number of aromatic nitrogens is 2. The number of hydrogen-bond donors (Lipinski definition) is 1. The second-order valence-electron chi connectivity index (χ2n) is 6.17. The second kappa shape index (κ2) is 6.86. The number of ether oxygens (including phenoxy) is 1. The zero-order valence-corrected chi connectivity index (χ0v) is 13.7. The van der Waals surface area contributed by atoms with E-state index in [9.17, 15) is 4.79 Å². The third-order valence-corrected chi connectivity index (χ3v) is 4.52. The summed E-state index contributed by atoms with van der Waals surface area (Å²) in [6, 6.07) is 8.27. The van der Waals surface area contributed by atoms with Gasteiger partial charge in [-0.3, -0.25) is 4.79 Å². The first kappa shape index (κ1) is 15.6. The number of carbonyl (C=O) groups excluding carboxylic acids is 1. The number of nitrogens with zero attached hydrogens (tertiary/aromatic N) is 2. The lowest BCUT2D eigenvalue weighted by Crippen LogP contribution is -2.39.